The maximum atomic E-state index is 11.9. The summed E-state index contributed by atoms with van der Waals surface area (Å²) in [6.07, 6.45) is 10.6. The van der Waals surface area contributed by atoms with Crippen molar-refractivity contribution in [3.63, 3.8) is 0 Å². The predicted molar refractivity (Wildman–Crippen MR) is 109 cm³/mol. The van der Waals surface area contributed by atoms with E-state index >= 15 is 0 Å². The molecule has 2 unspecified atom stereocenters. The second-order valence-corrected chi connectivity index (χ2v) is 9.39. The average Bonchev–Trinajstić information content (AvgIpc) is 3.22. The molecule has 4 heteroatoms. The molecule has 3 nitrogen and oxygen atoms in total. The Balaban J connectivity index is 1.49. The molecule has 4 rings (SSSR count). The minimum absolute atomic E-state index is 0.175. The Labute approximate surface area is 160 Å². The molecule has 1 aromatic rings. The van der Waals surface area contributed by atoms with Crippen molar-refractivity contribution >= 4 is 23.8 Å². The van der Waals surface area contributed by atoms with Crippen molar-refractivity contribution < 1.29 is 9.90 Å². The molecule has 2 fully saturated rings. The molecule has 1 N–H and O–H groups in total. The van der Waals surface area contributed by atoms with E-state index < -0.39 is 11.4 Å². The van der Waals surface area contributed by atoms with Gasteiger partial charge in [0, 0.05) is 23.8 Å². The van der Waals surface area contributed by atoms with E-state index in [9.17, 15) is 9.90 Å². The number of fused-ring (bicyclic) bond motifs is 2. The highest BCUT2D eigenvalue weighted by molar-refractivity contribution is 7.98. The highest BCUT2D eigenvalue weighted by Gasteiger charge is 2.49. The number of aliphatic carboxylic acids is 1. The first-order valence-electron chi connectivity index (χ1n) is 9.76. The zero-order chi connectivity index (χ0) is 18.4. The van der Waals surface area contributed by atoms with Crippen LogP contribution in [0.4, 0.5) is 0 Å². The first-order chi connectivity index (χ1) is 12.5. The Hall–Kier alpha value is -1.26. The van der Waals surface area contributed by atoms with Crippen LogP contribution in [0.2, 0.25) is 0 Å². The van der Waals surface area contributed by atoms with Gasteiger partial charge in [0.25, 0.3) is 0 Å². The van der Waals surface area contributed by atoms with Gasteiger partial charge in [-0.3, -0.25) is 9.69 Å². The Morgan fingerprint density at radius 1 is 1.35 bits per heavy atom. The van der Waals surface area contributed by atoms with Crippen LogP contribution < -0.4 is 0 Å². The lowest BCUT2D eigenvalue weighted by Crippen LogP contribution is -2.50. The van der Waals surface area contributed by atoms with Gasteiger partial charge in [-0.25, -0.2) is 0 Å². The Kier molecular flexibility index (Phi) is 4.68. The molecule has 1 heterocycles. The summed E-state index contributed by atoms with van der Waals surface area (Å²) in [5, 5.41) is 9.80. The van der Waals surface area contributed by atoms with Crippen molar-refractivity contribution in [2.45, 2.75) is 44.1 Å². The quantitative estimate of drug-likeness (QED) is 0.858. The van der Waals surface area contributed by atoms with Crippen LogP contribution in [0.15, 0.2) is 30.3 Å². The number of benzene rings is 1. The minimum Gasteiger partial charge on any atom is -0.481 e. The summed E-state index contributed by atoms with van der Waals surface area (Å²) in [5.41, 5.74) is 2.52. The maximum absolute atomic E-state index is 11.9. The molecule has 2 aliphatic carbocycles. The Morgan fingerprint density at radius 3 is 2.88 bits per heavy atom. The van der Waals surface area contributed by atoms with Crippen LogP contribution >= 0.6 is 11.8 Å². The lowest BCUT2D eigenvalue weighted by atomic mass is 9.68. The highest BCUT2D eigenvalue weighted by Crippen LogP contribution is 2.49. The summed E-state index contributed by atoms with van der Waals surface area (Å²) in [5.74, 6) is 0.697. The first kappa shape index (κ1) is 18.1. The average molecular weight is 372 g/mol. The maximum Gasteiger partial charge on any atom is 0.310 e. The van der Waals surface area contributed by atoms with Crippen LogP contribution in [0.1, 0.15) is 43.7 Å². The van der Waals surface area contributed by atoms with Gasteiger partial charge in [0.05, 0.1) is 5.41 Å². The minimum atomic E-state index is -0.594. The molecule has 4 atom stereocenters. The van der Waals surface area contributed by atoms with Crippen LogP contribution in [-0.2, 0) is 10.2 Å². The van der Waals surface area contributed by atoms with Crippen LogP contribution in [0, 0.1) is 11.3 Å². The molecule has 1 spiro atoms. The fourth-order valence-electron chi connectivity index (χ4n) is 5.63. The molecule has 26 heavy (non-hydrogen) atoms. The molecule has 1 aromatic carbocycles. The number of allylic oxidation sites excluding steroid dienone is 1. The number of carbonyl (C=O) groups is 1. The van der Waals surface area contributed by atoms with Gasteiger partial charge in [0.2, 0.25) is 0 Å². The third-order valence-electron chi connectivity index (χ3n) is 7.20. The zero-order valence-electron chi connectivity index (χ0n) is 15.8. The van der Waals surface area contributed by atoms with E-state index in [2.05, 4.69) is 48.2 Å². The number of likely N-dealkylation sites (tertiary alicyclic amines) is 1. The topological polar surface area (TPSA) is 40.5 Å². The Bertz CT molecular complexity index is 733. The second kappa shape index (κ2) is 6.72. The molecular formula is C22H29NO2S. The van der Waals surface area contributed by atoms with Crippen LogP contribution in [0.3, 0.4) is 0 Å². The Morgan fingerprint density at radius 2 is 2.15 bits per heavy atom. The van der Waals surface area contributed by atoms with E-state index in [0.29, 0.717) is 12.0 Å². The summed E-state index contributed by atoms with van der Waals surface area (Å²) in [6, 6.07) is 9.23. The third-order valence-corrected chi connectivity index (χ3v) is 8.04. The number of piperidine rings is 1. The SMILES string of the molecule is CSCC1(C(=O)O)CCC(N2CC[C@@]3(C=Cc4ccccc43)[C@@H](C)C2)C1. The van der Waals surface area contributed by atoms with E-state index in [4.69, 9.17) is 0 Å². The van der Waals surface area contributed by atoms with Crippen molar-refractivity contribution in [1.82, 2.24) is 4.90 Å². The lowest BCUT2D eigenvalue weighted by Gasteiger charge is -2.46. The molecule has 140 valence electrons. The number of nitrogens with zero attached hydrogens (tertiary/aromatic N) is 1. The molecule has 1 saturated heterocycles. The monoisotopic (exact) mass is 371 g/mol. The van der Waals surface area contributed by atoms with Crippen LogP contribution in [-0.4, -0.2) is 47.1 Å². The molecule has 0 radical (unpaired) electrons. The molecule has 0 bridgehead atoms. The smallest absolute Gasteiger partial charge is 0.310 e. The predicted octanol–water partition coefficient (Wildman–Crippen LogP) is 4.28. The summed E-state index contributed by atoms with van der Waals surface area (Å²) >= 11 is 1.67. The summed E-state index contributed by atoms with van der Waals surface area (Å²) in [6.45, 7) is 4.51. The molecule has 1 saturated carbocycles. The van der Waals surface area contributed by atoms with Crippen molar-refractivity contribution in [1.29, 1.82) is 0 Å². The summed E-state index contributed by atoms with van der Waals surface area (Å²) < 4.78 is 0. The van der Waals surface area contributed by atoms with Crippen molar-refractivity contribution in [2.24, 2.45) is 11.3 Å². The van der Waals surface area contributed by atoms with Gasteiger partial charge in [-0.1, -0.05) is 43.3 Å². The highest BCUT2D eigenvalue weighted by atomic mass is 32.2. The van der Waals surface area contributed by atoms with E-state index in [0.717, 1.165) is 44.5 Å². The van der Waals surface area contributed by atoms with Gasteiger partial charge in [0.15, 0.2) is 0 Å². The van der Waals surface area contributed by atoms with Gasteiger partial charge in [-0.15, -0.1) is 0 Å². The van der Waals surface area contributed by atoms with E-state index in [1.807, 2.05) is 6.26 Å². The second-order valence-electron chi connectivity index (χ2n) is 8.52. The van der Waals surface area contributed by atoms with Gasteiger partial charge in [-0.05, 0) is 55.5 Å². The van der Waals surface area contributed by atoms with E-state index in [-0.39, 0.29) is 5.41 Å². The van der Waals surface area contributed by atoms with Gasteiger partial charge >= 0.3 is 5.97 Å². The van der Waals surface area contributed by atoms with Gasteiger partial charge in [0.1, 0.15) is 0 Å². The fraction of sp³-hybridized carbons (Fsp3) is 0.591. The standard InChI is InChI=1S/C22H29NO2S/c1-16-14-23(18-8-9-21(13-18,15-26-2)20(24)25)12-11-22(16)10-7-17-5-3-4-6-19(17)22/h3-7,10,16,18H,8-9,11-15H2,1-2H3,(H,24,25)/t16-,18?,21?,22-/m0/s1. The normalized spacial score (nSPS) is 36.5. The molecule has 0 aromatic heterocycles. The number of carboxylic acids is 1. The number of thioether (sulfide) groups is 1. The van der Waals surface area contributed by atoms with E-state index in [1.165, 1.54) is 11.1 Å². The van der Waals surface area contributed by atoms with Crippen molar-refractivity contribution in [3.05, 3.63) is 41.5 Å². The number of rotatable bonds is 4. The lowest BCUT2D eigenvalue weighted by molar-refractivity contribution is -0.147. The molecular weight excluding hydrogens is 342 g/mol. The van der Waals surface area contributed by atoms with Crippen molar-refractivity contribution in [2.75, 3.05) is 25.1 Å². The van der Waals surface area contributed by atoms with E-state index in [1.54, 1.807) is 11.8 Å². The zero-order valence-corrected chi connectivity index (χ0v) is 16.6. The van der Waals surface area contributed by atoms with Crippen LogP contribution in [0.5, 0.6) is 0 Å². The number of hydrogen-bond donors (Lipinski definition) is 1. The first-order valence-corrected chi connectivity index (χ1v) is 11.2. The summed E-state index contributed by atoms with van der Waals surface area (Å²) in [4.78, 5) is 14.5. The van der Waals surface area contributed by atoms with Gasteiger partial charge < -0.3 is 5.11 Å². The van der Waals surface area contributed by atoms with Crippen LogP contribution in [0.25, 0.3) is 6.08 Å². The molecule has 3 aliphatic rings. The molecule has 0 amide bonds. The third kappa shape index (κ3) is 2.73. The summed E-state index contributed by atoms with van der Waals surface area (Å²) in [7, 11) is 0. The number of hydrogen-bond acceptors (Lipinski definition) is 3. The number of carboxylic acid groups (broad SMARTS) is 1. The van der Waals surface area contributed by atoms with Gasteiger partial charge in [-0.2, -0.15) is 11.8 Å². The van der Waals surface area contributed by atoms with Crippen molar-refractivity contribution in [3.8, 4) is 0 Å². The largest absolute Gasteiger partial charge is 0.481 e. The molecule has 1 aliphatic heterocycles. The fourth-order valence-corrected chi connectivity index (χ4v) is 6.57.